The van der Waals surface area contributed by atoms with Gasteiger partial charge in [-0.15, -0.1) is 11.3 Å². The van der Waals surface area contributed by atoms with Crippen molar-refractivity contribution >= 4 is 23.2 Å². The Labute approximate surface area is 131 Å². The lowest BCUT2D eigenvalue weighted by Crippen LogP contribution is -2.39. The van der Waals surface area contributed by atoms with Gasteiger partial charge in [-0.3, -0.25) is 4.79 Å². The van der Waals surface area contributed by atoms with Crippen LogP contribution in [0.25, 0.3) is 0 Å². The molecule has 0 fully saturated rings. The Hall–Kier alpha value is -1.56. The van der Waals surface area contributed by atoms with Gasteiger partial charge < -0.3 is 15.5 Å². The largest absolute Gasteiger partial charge is 0.356 e. The number of nitrogens with zero attached hydrogens (tertiary/aromatic N) is 2. The molecule has 0 aliphatic heterocycles. The second-order valence-electron chi connectivity index (χ2n) is 4.99. The number of carbonyl (C=O) groups excluding carboxylic acids is 1. The van der Waals surface area contributed by atoms with Gasteiger partial charge in [0.2, 0.25) is 5.91 Å². The predicted octanol–water partition coefficient (Wildman–Crippen LogP) is 1.71. The van der Waals surface area contributed by atoms with Gasteiger partial charge in [0.05, 0.1) is 0 Å². The molecule has 0 aliphatic rings. The first kappa shape index (κ1) is 17.5. The molecule has 118 valence electrons. The van der Waals surface area contributed by atoms with Crippen molar-refractivity contribution in [3.05, 3.63) is 22.4 Å². The maximum Gasteiger partial charge on any atom is 0.243 e. The van der Waals surface area contributed by atoms with Crippen LogP contribution in [0.5, 0.6) is 0 Å². The fourth-order valence-electron chi connectivity index (χ4n) is 1.60. The van der Waals surface area contributed by atoms with Crippen molar-refractivity contribution in [3.8, 4) is 0 Å². The molecule has 0 bridgehead atoms. The minimum atomic E-state index is 0.00449. The van der Waals surface area contributed by atoms with Crippen molar-refractivity contribution in [2.24, 2.45) is 4.99 Å². The molecule has 21 heavy (non-hydrogen) atoms. The molecule has 1 rings (SSSR count). The second-order valence-corrected chi connectivity index (χ2v) is 6.02. The van der Waals surface area contributed by atoms with Crippen molar-refractivity contribution in [3.63, 3.8) is 0 Å². The number of aliphatic imine (C=N–C) groups is 1. The summed E-state index contributed by atoms with van der Waals surface area (Å²) in [5.41, 5.74) is 0. The standard InChI is InChI=1S/C15H26N4OS/c1-4-5-9-16-15(18-12-14(20)19(2)3)17-10-8-13-7-6-11-21-13/h6-7,11H,4-5,8-10,12H2,1-3H3,(H2,16,17,18). The number of guanidine groups is 1. The average Bonchev–Trinajstić information content (AvgIpc) is 2.97. The van der Waals surface area contributed by atoms with Crippen molar-refractivity contribution < 1.29 is 4.79 Å². The molecule has 0 atom stereocenters. The third-order valence-electron chi connectivity index (χ3n) is 2.94. The number of hydrogen-bond donors (Lipinski definition) is 2. The Bertz CT molecular complexity index is 429. The maximum atomic E-state index is 11.6. The first-order valence-electron chi connectivity index (χ1n) is 7.38. The van der Waals surface area contributed by atoms with Gasteiger partial charge in [-0.2, -0.15) is 0 Å². The number of amides is 1. The van der Waals surface area contributed by atoms with Crippen LogP contribution >= 0.6 is 11.3 Å². The van der Waals surface area contributed by atoms with E-state index in [0.29, 0.717) is 0 Å². The number of nitrogens with one attached hydrogen (secondary N) is 2. The molecule has 0 radical (unpaired) electrons. The van der Waals surface area contributed by atoms with E-state index in [1.807, 2.05) is 0 Å². The zero-order valence-corrected chi connectivity index (χ0v) is 14.0. The van der Waals surface area contributed by atoms with Gasteiger partial charge in [0.1, 0.15) is 6.54 Å². The predicted molar refractivity (Wildman–Crippen MR) is 89.9 cm³/mol. The fourth-order valence-corrected chi connectivity index (χ4v) is 2.31. The minimum Gasteiger partial charge on any atom is -0.356 e. The van der Waals surface area contributed by atoms with E-state index in [4.69, 9.17) is 0 Å². The van der Waals surface area contributed by atoms with Crippen LogP contribution in [0.15, 0.2) is 22.5 Å². The maximum absolute atomic E-state index is 11.6. The van der Waals surface area contributed by atoms with Gasteiger partial charge >= 0.3 is 0 Å². The highest BCUT2D eigenvalue weighted by molar-refractivity contribution is 7.09. The zero-order valence-electron chi connectivity index (χ0n) is 13.2. The van der Waals surface area contributed by atoms with Crippen molar-refractivity contribution in [2.75, 3.05) is 33.7 Å². The van der Waals surface area contributed by atoms with Gasteiger partial charge in [-0.25, -0.2) is 4.99 Å². The van der Waals surface area contributed by atoms with Gasteiger partial charge in [0, 0.05) is 32.1 Å². The Kier molecular flexibility index (Phi) is 8.50. The first-order valence-corrected chi connectivity index (χ1v) is 8.26. The van der Waals surface area contributed by atoms with Crippen molar-refractivity contribution in [1.82, 2.24) is 15.5 Å². The molecule has 1 heterocycles. The summed E-state index contributed by atoms with van der Waals surface area (Å²) in [4.78, 5) is 18.8. The summed E-state index contributed by atoms with van der Waals surface area (Å²) in [5, 5.41) is 8.64. The molecule has 1 aromatic rings. The molecule has 0 unspecified atom stereocenters. The van der Waals surface area contributed by atoms with Crippen LogP contribution in [0.3, 0.4) is 0 Å². The van der Waals surface area contributed by atoms with Gasteiger partial charge in [0.25, 0.3) is 0 Å². The summed E-state index contributed by atoms with van der Waals surface area (Å²) in [6, 6.07) is 4.19. The lowest BCUT2D eigenvalue weighted by molar-refractivity contribution is -0.127. The van der Waals surface area contributed by atoms with E-state index in [1.54, 1.807) is 30.3 Å². The Morgan fingerprint density at radius 1 is 1.33 bits per heavy atom. The third kappa shape index (κ3) is 7.70. The summed E-state index contributed by atoms with van der Waals surface area (Å²) < 4.78 is 0. The quantitative estimate of drug-likeness (QED) is 0.437. The lowest BCUT2D eigenvalue weighted by atomic mass is 10.3. The normalized spacial score (nSPS) is 11.3. The summed E-state index contributed by atoms with van der Waals surface area (Å²) >= 11 is 1.76. The molecule has 5 nitrogen and oxygen atoms in total. The summed E-state index contributed by atoms with van der Waals surface area (Å²) in [5.74, 6) is 0.722. The SMILES string of the molecule is CCCCNC(=NCC(=O)N(C)C)NCCc1cccs1. The molecular weight excluding hydrogens is 284 g/mol. The molecule has 0 aromatic carbocycles. The monoisotopic (exact) mass is 310 g/mol. The van der Waals surface area contributed by atoms with E-state index in [2.05, 4.69) is 40.1 Å². The van der Waals surface area contributed by atoms with E-state index in [1.165, 1.54) is 4.88 Å². The first-order chi connectivity index (χ1) is 10.1. The Morgan fingerprint density at radius 3 is 2.71 bits per heavy atom. The number of rotatable bonds is 8. The van der Waals surface area contributed by atoms with Crippen molar-refractivity contribution in [2.45, 2.75) is 26.2 Å². The van der Waals surface area contributed by atoms with E-state index in [9.17, 15) is 4.79 Å². The molecular formula is C15H26N4OS. The van der Waals surface area contributed by atoms with Crippen LogP contribution in [0, 0.1) is 0 Å². The third-order valence-corrected chi connectivity index (χ3v) is 3.87. The number of likely N-dealkylation sites (N-methyl/N-ethyl adjacent to an activating group) is 1. The molecule has 0 saturated carbocycles. The topological polar surface area (TPSA) is 56.7 Å². The minimum absolute atomic E-state index is 0.00449. The van der Waals surface area contributed by atoms with Gasteiger partial charge in [-0.05, 0) is 24.3 Å². The Balaban J connectivity index is 2.42. The van der Waals surface area contributed by atoms with Gasteiger partial charge in [0.15, 0.2) is 5.96 Å². The van der Waals surface area contributed by atoms with Crippen LogP contribution in [0.4, 0.5) is 0 Å². The molecule has 1 amide bonds. The number of thiophene rings is 1. The number of unbranched alkanes of at least 4 members (excludes halogenated alkanes) is 1. The van der Waals surface area contributed by atoms with Crippen LogP contribution in [0.1, 0.15) is 24.6 Å². The second kappa shape index (κ2) is 10.2. The fraction of sp³-hybridized carbons (Fsp3) is 0.600. The highest BCUT2D eigenvalue weighted by atomic mass is 32.1. The van der Waals surface area contributed by atoms with E-state index in [0.717, 1.165) is 38.3 Å². The van der Waals surface area contributed by atoms with Crippen LogP contribution in [-0.4, -0.2) is 50.5 Å². The average molecular weight is 310 g/mol. The summed E-state index contributed by atoms with van der Waals surface area (Å²) in [6.45, 7) is 4.01. The van der Waals surface area contributed by atoms with Crippen LogP contribution in [0.2, 0.25) is 0 Å². The molecule has 1 aromatic heterocycles. The van der Waals surface area contributed by atoms with Crippen LogP contribution in [-0.2, 0) is 11.2 Å². The van der Waals surface area contributed by atoms with E-state index < -0.39 is 0 Å². The van der Waals surface area contributed by atoms with Crippen molar-refractivity contribution in [1.29, 1.82) is 0 Å². The molecule has 2 N–H and O–H groups in total. The number of hydrogen-bond acceptors (Lipinski definition) is 3. The lowest BCUT2D eigenvalue weighted by Gasteiger charge is -2.13. The highest BCUT2D eigenvalue weighted by Crippen LogP contribution is 2.07. The smallest absolute Gasteiger partial charge is 0.243 e. The van der Waals surface area contributed by atoms with Gasteiger partial charge in [-0.1, -0.05) is 19.4 Å². The Morgan fingerprint density at radius 2 is 2.10 bits per heavy atom. The summed E-state index contributed by atoms with van der Waals surface area (Å²) in [6.07, 6.45) is 3.19. The summed E-state index contributed by atoms with van der Waals surface area (Å²) in [7, 11) is 3.48. The van der Waals surface area contributed by atoms with E-state index in [-0.39, 0.29) is 12.5 Å². The van der Waals surface area contributed by atoms with E-state index >= 15 is 0 Å². The molecule has 0 spiro atoms. The molecule has 6 heteroatoms. The zero-order chi connectivity index (χ0) is 15.5. The molecule has 0 saturated heterocycles. The van der Waals surface area contributed by atoms with Crippen LogP contribution < -0.4 is 10.6 Å². The number of carbonyl (C=O) groups is 1. The molecule has 0 aliphatic carbocycles. The highest BCUT2D eigenvalue weighted by Gasteiger charge is 2.04.